The number of carbonyl (C=O) groups excluding carboxylic acids is 1. The van der Waals surface area contributed by atoms with Crippen molar-refractivity contribution in [1.82, 2.24) is 4.98 Å². The lowest BCUT2D eigenvalue weighted by molar-refractivity contribution is -0.118. The molecule has 1 aromatic heterocycles. The number of ether oxygens (including phenoxy) is 1. The minimum Gasteiger partial charge on any atom is -0.489 e. The van der Waals surface area contributed by atoms with Gasteiger partial charge in [-0.1, -0.05) is 24.3 Å². The van der Waals surface area contributed by atoms with Crippen molar-refractivity contribution in [2.45, 2.75) is 24.9 Å². The molecular weight excluding hydrogens is 343 g/mol. The van der Waals surface area contributed by atoms with Gasteiger partial charge >= 0.3 is 0 Å². The van der Waals surface area contributed by atoms with Crippen LogP contribution in [0.3, 0.4) is 0 Å². The van der Waals surface area contributed by atoms with Crippen LogP contribution in [-0.4, -0.2) is 10.9 Å². The first kappa shape index (κ1) is 17.2. The summed E-state index contributed by atoms with van der Waals surface area (Å²) in [5.41, 5.74) is 1.95. The summed E-state index contributed by atoms with van der Waals surface area (Å²) in [6, 6.07) is 17.3. The van der Waals surface area contributed by atoms with E-state index in [0.29, 0.717) is 18.0 Å². The predicted octanol–water partition coefficient (Wildman–Crippen LogP) is 4.47. The predicted molar refractivity (Wildman–Crippen MR) is 101 cm³/mol. The van der Waals surface area contributed by atoms with E-state index in [-0.39, 0.29) is 11.7 Å². The van der Waals surface area contributed by atoms with Crippen LogP contribution >= 0.6 is 0 Å². The van der Waals surface area contributed by atoms with E-state index in [1.807, 2.05) is 30.3 Å². The Kier molecular flexibility index (Phi) is 4.59. The number of anilines is 1. The number of pyridine rings is 1. The molecule has 1 saturated carbocycles. The Bertz CT molecular complexity index is 938. The maximum absolute atomic E-state index is 13.2. The van der Waals surface area contributed by atoms with Crippen molar-refractivity contribution in [3.8, 4) is 5.75 Å². The zero-order valence-corrected chi connectivity index (χ0v) is 14.7. The Morgan fingerprint density at radius 2 is 1.93 bits per heavy atom. The highest BCUT2D eigenvalue weighted by atomic mass is 19.1. The third-order valence-corrected chi connectivity index (χ3v) is 4.80. The van der Waals surface area contributed by atoms with Gasteiger partial charge in [0.05, 0.1) is 5.41 Å². The number of carbonyl (C=O) groups is 1. The molecule has 27 heavy (non-hydrogen) atoms. The van der Waals surface area contributed by atoms with Crippen molar-refractivity contribution < 1.29 is 13.9 Å². The number of aromatic nitrogens is 1. The fraction of sp³-hybridized carbons (Fsp3) is 0.182. The summed E-state index contributed by atoms with van der Waals surface area (Å²) in [7, 11) is 0. The molecule has 0 aliphatic heterocycles. The minimum atomic E-state index is -0.555. The number of amides is 1. The van der Waals surface area contributed by atoms with Crippen LogP contribution in [0.2, 0.25) is 0 Å². The Morgan fingerprint density at radius 3 is 2.63 bits per heavy atom. The molecule has 3 aromatic rings. The molecule has 4 rings (SSSR count). The summed E-state index contributed by atoms with van der Waals surface area (Å²) < 4.78 is 18.9. The zero-order chi connectivity index (χ0) is 18.7. The summed E-state index contributed by atoms with van der Waals surface area (Å²) in [5, 5.41) is 2.97. The normalized spacial score (nSPS) is 14.4. The number of nitrogens with zero attached hydrogens (tertiary/aromatic N) is 1. The number of rotatable bonds is 6. The monoisotopic (exact) mass is 362 g/mol. The first-order valence-corrected chi connectivity index (χ1v) is 8.85. The van der Waals surface area contributed by atoms with E-state index >= 15 is 0 Å². The van der Waals surface area contributed by atoms with Crippen molar-refractivity contribution in [3.05, 3.63) is 90.0 Å². The second kappa shape index (κ2) is 7.19. The molecule has 0 radical (unpaired) electrons. The molecular formula is C22H19FN2O2. The lowest BCUT2D eigenvalue weighted by Gasteiger charge is -2.16. The van der Waals surface area contributed by atoms with Gasteiger partial charge in [-0.05, 0) is 48.7 Å². The van der Waals surface area contributed by atoms with Crippen LogP contribution in [0.5, 0.6) is 5.75 Å². The number of halogens is 1. The molecule has 1 heterocycles. The van der Waals surface area contributed by atoms with Crippen LogP contribution in [0.15, 0.2) is 73.1 Å². The summed E-state index contributed by atoms with van der Waals surface area (Å²) in [4.78, 5) is 16.9. The maximum Gasteiger partial charge on any atom is 0.235 e. The van der Waals surface area contributed by atoms with Crippen LogP contribution in [0.4, 0.5) is 10.1 Å². The number of hydrogen-bond donors (Lipinski definition) is 1. The van der Waals surface area contributed by atoms with E-state index in [1.165, 1.54) is 12.1 Å². The summed E-state index contributed by atoms with van der Waals surface area (Å²) in [6.45, 7) is 0.407. The molecule has 0 bridgehead atoms. The molecule has 1 amide bonds. The Morgan fingerprint density at radius 1 is 1.11 bits per heavy atom. The van der Waals surface area contributed by atoms with E-state index in [1.54, 1.807) is 30.6 Å². The first-order valence-electron chi connectivity index (χ1n) is 8.85. The number of benzene rings is 2. The van der Waals surface area contributed by atoms with E-state index in [4.69, 9.17) is 4.74 Å². The van der Waals surface area contributed by atoms with E-state index < -0.39 is 5.41 Å². The van der Waals surface area contributed by atoms with Gasteiger partial charge in [-0.3, -0.25) is 9.78 Å². The van der Waals surface area contributed by atoms with Crippen LogP contribution < -0.4 is 10.1 Å². The van der Waals surface area contributed by atoms with Crippen molar-refractivity contribution in [2.24, 2.45) is 0 Å². The molecule has 1 aliphatic carbocycles. The molecule has 0 atom stereocenters. The topological polar surface area (TPSA) is 51.2 Å². The lowest BCUT2D eigenvalue weighted by atomic mass is 9.95. The summed E-state index contributed by atoms with van der Waals surface area (Å²) >= 11 is 0. The molecule has 1 aliphatic rings. The van der Waals surface area contributed by atoms with E-state index in [2.05, 4.69) is 10.3 Å². The molecule has 4 nitrogen and oxygen atoms in total. The van der Waals surface area contributed by atoms with E-state index in [9.17, 15) is 9.18 Å². The highest BCUT2D eigenvalue weighted by Gasteiger charge is 2.51. The Labute approximate surface area is 157 Å². The molecule has 0 saturated heterocycles. The van der Waals surface area contributed by atoms with Gasteiger partial charge in [-0.2, -0.15) is 0 Å². The van der Waals surface area contributed by atoms with Crippen molar-refractivity contribution in [1.29, 1.82) is 0 Å². The quantitative estimate of drug-likeness (QED) is 0.704. The standard InChI is InChI=1S/C22H19FN2O2/c23-18-8-6-17(7-9-18)22(10-11-22)21(26)25-19-4-1-5-20(13-19)27-15-16-3-2-12-24-14-16/h1-9,12-14H,10-11,15H2,(H,25,26). The molecule has 1 N–H and O–H groups in total. The average Bonchev–Trinajstić information content (AvgIpc) is 3.50. The molecule has 1 fully saturated rings. The van der Waals surface area contributed by atoms with Gasteiger partial charge in [-0.15, -0.1) is 0 Å². The fourth-order valence-corrected chi connectivity index (χ4v) is 3.11. The highest BCUT2D eigenvalue weighted by Crippen LogP contribution is 2.49. The molecule has 0 spiro atoms. The van der Waals surface area contributed by atoms with Crippen LogP contribution in [-0.2, 0) is 16.8 Å². The Balaban J connectivity index is 1.43. The second-order valence-corrected chi connectivity index (χ2v) is 6.72. The Hall–Kier alpha value is -3.21. The van der Waals surface area contributed by atoms with E-state index in [0.717, 1.165) is 24.0 Å². The SMILES string of the molecule is O=C(Nc1cccc(OCc2cccnc2)c1)C1(c2ccc(F)cc2)CC1. The van der Waals surface area contributed by atoms with Gasteiger partial charge in [0.15, 0.2) is 0 Å². The maximum atomic E-state index is 13.2. The summed E-state index contributed by atoms with van der Waals surface area (Å²) in [6.07, 6.45) is 5.00. The molecule has 2 aromatic carbocycles. The van der Waals surface area contributed by atoms with Crippen LogP contribution in [0, 0.1) is 5.82 Å². The minimum absolute atomic E-state index is 0.0708. The van der Waals surface area contributed by atoms with Crippen molar-refractivity contribution >= 4 is 11.6 Å². The van der Waals surface area contributed by atoms with Gasteiger partial charge in [0, 0.05) is 29.7 Å². The molecule has 136 valence electrons. The van der Waals surface area contributed by atoms with Gasteiger partial charge in [0.2, 0.25) is 5.91 Å². The van der Waals surface area contributed by atoms with Gasteiger partial charge in [0.1, 0.15) is 18.2 Å². The van der Waals surface area contributed by atoms with Crippen molar-refractivity contribution in [3.63, 3.8) is 0 Å². The van der Waals surface area contributed by atoms with Crippen molar-refractivity contribution in [2.75, 3.05) is 5.32 Å². The third-order valence-electron chi connectivity index (χ3n) is 4.80. The molecule has 5 heteroatoms. The number of nitrogens with one attached hydrogen (secondary N) is 1. The summed E-state index contributed by atoms with van der Waals surface area (Å²) in [5.74, 6) is 0.301. The lowest BCUT2D eigenvalue weighted by Crippen LogP contribution is -2.27. The first-order chi connectivity index (χ1) is 13.2. The fourth-order valence-electron chi connectivity index (χ4n) is 3.11. The smallest absolute Gasteiger partial charge is 0.235 e. The van der Waals surface area contributed by atoms with Gasteiger partial charge < -0.3 is 10.1 Å². The third kappa shape index (κ3) is 3.82. The number of hydrogen-bond acceptors (Lipinski definition) is 3. The second-order valence-electron chi connectivity index (χ2n) is 6.72. The largest absolute Gasteiger partial charge is 0.489 e. The zero-order valence-electron chi connectivity index (χ0n) is 14.7. The average molecular weight is 362 g/mol. The highest BCUT2D eigenvalue weighted by molar-refractivity contribution is 6.01. The van der Waals surface area contributed by atoms with Crippen LogP contribution in [0.25, 0.3) is 0 Å². The molecule has 0 unspecified atom stereocenters. The van der Waals surface area contributed by atoms with Gasteiger partial charge in [-0.25, -0.2) is 4.39 Å². The van der Waals surface area contributed by atoms with Crippen LogP contribution in [0.1, 0.15) is 24.0 Å². The van der Waals surface area contributed by atoms with Gasteiger partial charge in [0.25, 0.3) is 0 Å².